The summed E-state index contributed by atoms with van der Waals surface area (Å²) in [5.74, 6) is 0.122. The van der Waals surface area contributed by atoms with E-state index >= 15 is 0 Å². The van der Waals surface area contributed by atoms with Gasteiger partial charge >= 0.3 is 0 Å². The molecule has 0 saturated carbocycles. The van der Waals surface area contributed by atoms with E-state index in [2.05, 4.69) is 52.4 Å². The van der Waals surface area contributed by atoms with Gasteiger partial charge in [0.05, 0.1) is 17.7 Å². The van der Waals surface area contributed by atoms with E-state index in [4.69, 9.17) is 0 Å². The highest BCUT2D eigenvalue weighted by molar-refractivity contribution is 5.83. The number of hydrogen-bond donors (Lipinski definition) is 1. The molecule has 3 rings (SSSR count). The molecule has 1 N–H and O–H groups in total. The Kier molecular flexibility index (Phi) is 5.79. The third-order valence-corrected chi connectivity index (χ3v) is 5.50. The summed E-state index contributed by atoms with van der Waals surface area (Å²) < 4.78 is 2.18. The van der Waals surface area contributed by atoms with Crippen molar-refractivity contribution in [3.8, 4) is 0 Å². The highest BCUT2D eigenvalue weighted by Gasteiger charge is 2.38. The van der Waals surface area contributed by atoms with Crippen LogP contribution < -0.4 is 5.32 Å². The summed E-state index contributed by atoms with van der Waals surface area (Å²) in [6.45, 7) is 13.6. The van der Waals surface area contributed by atoms with Crippen molar-refractivity contribution in [2.45, 2.75) is 65.1 Å². The zero-order chi connectivity index (χ0) is 18.0. The molecule has 2 aliphatic heterocycles. The number of carbonyl (C=O) groups excluding carboxylic acids is 1. The zero-order valence-electron chi connectivity index (χ0n) is 16.2. The van der Waals surface area contributed by atoms with Gasteiger partial charge in [0.2, 0.25) is 5.91 Å². The highest BCUT2D eigenvalue weighted by Crippen LogP contribution is 2.32. The molecule has 0 spiro atoms. The number of fused-ring (bicyclic) bond motifs is 1. The van der Waals surface area contributed by atoms with Crippen molar-refractivity contribution in [3.63, 3.8) is 0 Å². The molecule has 0 aromatic carbocycles. The first kappa shape index (κ1) is 18.4. The topological polar surface area (TPSA) is 53.4 Å². The maximum atomic E-state index is 13.1. The van der Waals surface area contributed by atoms with Crippen LogP contribution in [0.1, 0.15) is 64.0 Å². The summed E-state index contributed by atoms with van der Waals surface area (Å²) in [5, 5.41) is 3.20. The summed E-state index contributed by atoms with van der Waals surface area (Å²) in [6.07, 6.45) is 5.40. The monoisotopic (exact) mass is 347 g/mol. The molecule has 0 unspecified atom stereocenters. The highest BCUT2D eigenvalue weighted by atomic mass is 16.2. The average molecular weight is 348 g/mol. The molecule has 0 bridgehead atoms. The minimum Gasteiger partial charge on any atom is -0.353 e. The molecule has 1 aromatic rings. The van der Waals surface area contributed by atoms with Gasteiger partial charge in [-0.05, 0) is 53.6 Å². The molecule has 1 amide bonds. The van der Waals surface area contributed by atoms with Gasteiger partial charge in [-0.1, -0.05) is 0 Å². The number of rotatable bonds is 6. The van der Waals surface area contributed by atoms with Gasteiger partial charge in [-0.3, -0.25) is 9.69 Å². The Labute approximate surface area is 151 Å². The second-order valence-corrected chi connectivity index (χ2v) is 7.90. The number of imidazole rings is 1. The molecular weight excluding hydrogens is 314 g/mol. The number of hydrogen-bond acceptors (Lipinski definition) is 4. The maximum absolute atomic E-state index is 13.1. The normalized spacial score (nSPS) is 21.9. The fraction of sp³-hybridized carbons (Fsp3) is 0.789. The van der Waals surface area contributed by atoms with Gasteiger partial charge in [0.15, 0.2) is 0 Å². The van der Waals surface area contributed by atoms with Crippen LogP contribution in [0.15, 0.2) is 6.33 Å². The number of nitrogens with zero attached hydrogens (tertiary/aromatic N) is 4. The van der Waals surface area contributed by atoms with Crippen molar-refractivity contribution < 1.29 is 4.79 Å². The van der Waals surface area contributed by atoms with E-state index in [0.29, 0.717) is 12.1 Å². The molecule has 1 fully saturated rings. The van der Waals surface area contributed by atoms with E-state index in [1.165, 1.54) is 25.9 Å². The number of amides is 1. The summed E-state index contributed by atoms with van der Waals surface area (Å²) in [6, 6.07) is 0.411. The molecule has 25 heavy (non-hydrogen) atoms. The van der Waals surface area contributed by atoms with E-state index < -0.39 is 0 Å². The zero-order valence-corrected chi connectivity index (χ0v) is 16.2. The van der Waals surface area contributed by atoms with Crippen molar-refractivity contribution in [1.29, 1.82) is 0 Å². The van der Waals surface area contributed by atoms with Crippen molar-refractivity contribution in [1.82, 2.24) is 24.7 Å². The molecule has 0 aliphatic carbocycles. The van der Waals surface area contributed by atoms with Gasteiger partial charge in [0, 0.05) is 38.1 Å². The summed E-state index contributed by atoms with van der Waals surface area (Å²) in [7, 11) is 0. The number of carbonyl (C=O) groups is 1. The molecule has 6 heteroatoms. The van der Waals surface area contributed by atoms with Crippen molar-refractivity contribution in [2.75, 3.05) is 32.7 Å². The first-order valence-electron chi connectivity index (χ1n) is 9.80. The lowest BCUT2D eigenvalue weighted by molar-refractivity contribution is -0.128. The Bertz CT molecular complexity index is 589. The van der Waals surface area contributed by atoms with Crippen molar-refractivity contribution in [2.24, 2.45) is 0 Å². The first-order valence-corrected chi connectivity index (χ1v) is 9.80. The summed E-state index contributed by atoms with van der Waals surface area (Å²) in [4.78, 5) is 22.5. The third kappa shape index (κ3) is 3.90. The predicted molar refractivity (Wildman–Crippen MR) is 99.6 cm³/mol. The van der Waals surface area contributed by atoms with Gasteiger partial charge < -0.3 is 14.8 Å². The molecule has 6 nitrogen and oxygen atoms in total. The smallest absolute Gasteiger partial charge is 0.243 e. The van der Waals surface area contributed by atoms with Crippen LogP contribution in [-0.4, -0.2) is 64.0 Å². The maximum Gasteiger partial charge on any atom is 0.243 e. The van der Waals surface area contributed by atoms with Crippen LogP contribution >= 0.6 is 0 Å². The quantitative estimate of drug-likeness (QED) is 0.855. The number of aromatic nitrogens is 2. The van der Waals surface area contributed by atoms with Crippen LogP contribution in [0.2, 0.25) is 0 Å². The minimum absolute atomic E-state index is 0.122. The third-order valence-electron chi connectivity index (χ3n) is 5.50. The van der Waals surface area contributed by atoms with Crippen molar-refractivity contribution >= 4 is 5.91 Å². The fourth-order valence-electron chi connectivity index (χ4n) is 4.10. The van der Waals surface area contributed by atoms with Crippen LogP contribution in [0.25, 0.3) is 0 Å². The molecule has 1 aromatic heterocycles. The second kappa shape index (κ2) is 7.87. The molecule has 140 valence electrons. The lowest BCUT2D eigenvalue weighted by Crippen LogP contribution is -2.49. The Morgan fingerprint density at radius 1 is 1.20 bits per heavy atom. The van der Waals surface area contributed by atoms with Gasteiger partial charge in [0.1, 0.15) is 6.04 Å². The molecule has 3 heterocycles. The Morgan fingerprint density at radius 2 is 1.92 bits per heavy atom. The Morgan fingerprint density at radius 3 is 2.56 bits per heavy atom. The Balaban J connectivity index is 1.75. The molecule has 0 radical (unpaired) electrons. The van der Waals surface area contributed by atoms with Gasteiger partial charge in [-0.15, -0.1) is 0 Å². The second-order valence-electron chi connectivity index (χ2n) is 7.90. The SMILES string of the molecule is CC(C)N1CCc2ncn(C(C)C)c2[C@H]1C(=O)NCCN1CCCC1. The number of likely N-dealkylation sites (tertiary alicyclic amines) is 1. The van der Waals surface area contributed by atoms with Crippen LogP contribution in [0, 0.1) is 0 Å². The Hall–Kier alpha value is -1.40. The van der Waals surface area contributed by atoms with E-state index in [1.54, 1.807) is 0 Å². The summed E-state index contributed by atoms with van der Waals surface area (Å²) >= 11 is 0. The van der Waals surface area contributed by atoms with E-state index in [-0.39, 0.29) is 11.9 Å². The molecule has 1 saturated heterocycles. The minimum atomic E-state index is -0.229. The fourth-order valence-corrected chi connectivity index (χ4v) is 4.10. The van der Waals surface area contributed by atoms with Gasteiger partial charge in [0.25, 0.3) is 0 Å². The first-order chi connectivity index (χ1) is 12.0. The lowest BCUT2D eigenvalue weighted by Gasteiger charge is -2.38. The van der Waals surface area contributed by atoms with E-state index in [0.717, 1.165) is 37.4 Å². The molecule has 2 aliphatic rings. The van der Waals surface area contributed by atoms with Gasteiger partial charge in [-0.2, -0.15) is 0 Å². The predicted octanol–water partition coefficient (Wildman–Crippen LogP) is 1.98. The van der Waals surface area contributed by atoms with Crippen molar-refractivity contribution in [3.05, 3.63) is 17.7 Å². The summed E-state index contributed by atoms with van der Waals surface area (Å²) in [5.41, 5.74) is 2.18. The standard InChI is InChI=1S/C19H33N5O/c1-14(2)23-11-7-16-17(24(13-21-16)15(3)4)18(23)19(25)20-8-12-22-9-5-6-10-22/h13-15,18H,5-12H2,1-4H3,(H,20,25)/t18-/m0/s1. The number of nitrogens with one attached hydrogen (secondary N) is 1. The van der Waals surface area contributed by atoms with Crippen LogP contribution in [0.3, 0.4) is 0 Å². The van der Waals surface area contributed by atoms with Crippen LogP contribution in [-0.2, 0) is 11.2 Å². The van der Waals surface area contributed by atoms with E-state index in [1.807, 2.05) is 6.33 Å². The van der Waals surface area contributed by atoms with E-state index in [9.17, 15) is 4.79 Å². The largest absolute Gasteiger partial charge is 0.353 e. The molecule has 1 atom stereocenters. The molecular formula is C19H33N5O. The van der Waals surface area contributed by atoms with Crippen LogP contribution in [0.4, 0.5) is 0 Å². The van der Waals surface area contributed by atoms with Crippen LogP contribution in [0.5, 0.6) is 0 Å². The lowest BCUT2D eigenvalue weighted by atomic mass is 9.99. The van der Waals surface area contributed by atoms with Gasteiger partial charge in [-0.25, -0.2) is 4.98 Å². The average Bonchev–Trinajstić information content (AvgIpc) is 3.22.